The number of methoxy groups -OCH3 is 1. The summed E-state index contributed by atoms with van der Waals surface area (Å²) in [4.78, 5) is 4.51. The lowest BCUT2D eigenvalue weighted by Gasteiger charge is -2.31. The van der Waals surface area contributed by atoms with Crippen LogP contribution in [0.25, 0.3) is 0 Å². The first-order valence-corrected chi connectivity index (χ1v) is 6.61. The number of benzene rings is 1. The molecule has 0 spiro atoms. The topological polar surface area (TPSA) is 34.1 Å². The van der Waals surface area contributed by atoms with Crippen LogP contribution in [-0.2, 0) is 6.42 Å². The molecule has 0 aliphatic carbocycles. The molecule has 0 amide bonds. The van der Waals surface area contributed by atoms with Crippen molar-refractivity contribution < 1.29 is 4.74 Å². The molecule has 0 saturated carbocycles. The smallest absolute Gasteiger partial charge is 0.118 e. The second-order valence-corrected chi connectivity index (χ2v) is 5.02. The number of hydrogen-bond donors (Lipinski definition) is 1. The van der Waals surface area contributed by atoms with Gasteiger partial charge in [0.2, 0.25) is 0 Å². The monoisotopic (exact) mass is 254 g/mol. The highest BCUT2D eigenvalue weighted by Crippen LogP contribution is 2.30. The van der Waals surface area contributed by atoms with Crippen LogP contribution in [0, 0.1) is 0 Å². The zero-order valence-electron chi connectivity index (χ0n) is 11.3. The van der Waals surface area contributed by atoms with Crippen molar-refractivity contribution in [2.24, 2.45) is 0 Å². The largest absolute Gasteiger partial charge is 0.497 e. The van der Waals surface area contributed by atoms with Gasteiger partial charge in [-0.1, -0.05) is 18.2 Å². The van der Waals surface area contributed by atoms with E-state index in [2.05, 4.69) is 35.4 Å². The molecule has 2 aromatic rings. The van der Waals surface area contributed by atoms with E-state index in [1.165, 1.54) is 16.8 Å². The van der Waals surface area contributed by atoms with Gasteiger partial charge in [-0.2, -0.15) is 0 Å². The Kier molecular flexibility index (Phi) is 3.22. The van der Waals surface area contributed by atoms with Gasteiger partial charge in [0.1, 0.15) is 5.75 Å². The molecule has 1 aliphatic rings. The number of nitrogens with zero attached hydrogens (tertiary/aromatic N) is 1. The molecule has 2 heterocycles. The quantitative estimate of drug-likeness (QED) is 0.894. The lowest BCUT2D eigenvalue weighted by atomic mass is 9.90. The molecule has 1 aromatic carbocycles. The zero-order valence-corrected chi connectivity index (χ0v) is 11.3. The lowest BCUT2D eigenvalue weighted by molar-refractivity contribution is 0.414. The van der Waals surface area contributed by atoms with Gasteiger partial charge in [-0.05, 0) is 36.2 Å². The summed E-state index contributed by atoms with van der Waals surface area (Å²) in [5.74, 6) is 0.888. The van der Waals surface area contributed by atoms with Gasteiger partial charge in [0, 0.05) is 24.4 Å². The highest BCUT2D eigenvalue weighted by molar-refractivity contribution is 5.39. The third-order valence-electron chi connectivity index (χ3n) is 3.64. The number of ether oxygens (including phenoxy) is 1. The van der Waals surface area contributed by atoms with Crippen LogP contribution in [-0.4, -0.2) is 18.1 Å². The summed E-state index contributed by atoms with van der Waals surface area (Å²) in [5.41, 5.74) is 3.74. The van der Waals surface area contributed by atoms with Crippen LogP contribution in [0.15, 0.2) is 42.6 Å². The molecule has 1 aromatic heterocycles. The summed E-state index contributed by atoms with van der Waals surface area (Å²) in [6.45, 7) is 2.20. The van der Waals surface area contributed by atoms with E-state index in [9.17, 15) is 0 Å². The number of pyridine rings is 1. The summed E-state index contributed by atoms with van der Waals surface area (Å²) in [6.07, 6.45) is 2.87. The van der Waals surface area contributed by atoms with Gasteiger partial charge in [-0.25, -0.2) is 0 Å². The summed E-state index contributed by atoms with van der Waals surface area (Å²) >= 11 is 0. The number of fused-ring (bicyclic) bond motifs is 1. The summed E-state index contributed by atoms with van der Waals surface area (Å²) in [6, 6.07) is 13.1. The average molecular weight is 254 g/mol. The van der Waals surface area contributed by atoms with Gasteiger partial charge in [-0.15, -0.1) is 0 Å². The lowest BCUT2D eigenvalue weighted by Crippen LogP contribution is -2.38. The van der Waals surface area contributed by atoms with Crippen LogP contribution >= 0.6 is 0 Å². The number of hydrogen-bond acceptors (Lipinski definition) is 3. The van der Waals surface area contributed by atoms with Crippen molar-refractivity contribution in [2.75, 3.05) is 7.11 Å². The van der Waals surface area contributed by atoms with Crippen molar-refractivity contribution in [2.45, 2.75) is 25.4 Å². The fraction of sp³-hybridized carbons (Fsp3) is 0.312. The SMILES string of the molecule is COc1ccc(C2NC(C)Cc3ncccc32)cc1. The fourth-order valence-electron chi connectivity index (χ4n) is 2.68. The van der Waals surface area contributed by atoms with Crippen LogP contribution in [0.2, 0.25) is 0 Å². The van der Waals surface area contributed by atoms with Crippen molar-refractivity contribution in [3.05, 3.63) is 59.4 Å². The van der Waals surface area contributed by atoms with Crippen LogP contribution in [0.5, 0.6) is 5.75 Å². The van der Waals surface area contributed by atoms with Gasteiger partial charge < -0.3 is 10.1 Å². The minimum absolute atomic E-state index is 0.221. The number of rotatable bonds is 2. The molecule has 3 rings (SSSR count). The van der Waals surface area contributed by atoms with Crippen LogP contribution in [0.3, 0.4) is 0 Å². The summed E-state index contributed by atoms with van der Waals surface area (Å²) < 4.78 is 5.21. The molecule has 98 valence electrons. The van der Waals surface area contributed by atoms with Crippen molar-refractivity contribution in [1.29, 1.82) is 0 Å². The molecule has 0 saturated heterocycles. The van der Waals surface area contributed by atoms with Crippen molar-refractivity contribution >= 4 is 0 Å². The molecule has 2 atom stereocenters. The predicted octanol–water partition coefficient (Wildman–Crippen LogP) is 2.71. The summed E-state index contributed by atoms with van der Waals surface area (Å²) in [7, 11) is 1.69. The van der Waals surface area contributed by atoms with Crippen LogP contribution in [0.1, 0.15) is 29.8 Å². The molecule has 1 aliphatic heterocycles. The molecule has 1 N–H and O–H groups in total. The Morgan fingerprint density at radius 1 is 1.21 bits per heavy atom. The highest BCUT2D eigenvalue weighted by atomic mass is 16.5. The van der Waals surface area contributed by atoms with Crippen molar-refractivity contribution in [1.82, 2.24) is 10.3 Å². The molecule has 3 heteroatoms. The van der Waals surface area contributed by atoms with E-state index in [-0.39, 0.29) is 6.04 Å². The molecule has 19 heavy (non-hydrogen) atoms. The fourth-order valence-corrected chi connectivity index (χ4v) is 2.68. The summed E-state index contributed by atoms with van der Waals surface area (Å²) in [5, 5.41) is 3.65. The first kappa shape index (κ1) is 12.2. The second kappa shape index (κ2) is 5.02. The Labute approximate surface area is 113 Å². The number of nitrogens with one attached hydrogen (secondary N) is 1. The van der Waals surface area contributed by atoms with E-state index >= 15 is 0 Å². The minimum Gasteiger partial charge on any atom is -0.497 e. The maximum Gasteiger partial charge on any atom is 0.118 e. The Balaban J connectivity index is 1.99. The van der Waals surface area contributed by atoms with Crippen molar-refractivity contribution in [3.8, 4) is 5.75 Å². The van der Waals surface area contributed by atoms with E-state index in [1.54, 1.807) is 7.11 Å². The van der Waals surface area contributed by atoms with E-state index in [4.69, 9.17) is 4.74 Å². The normalized spacial score (nSPS) is 21.8. The Hall–Kier alpha value is -1.87. The predicted molar refractivity (Wildman–Crippen MR) is 75.4 cm³/mol. The maximum absolute atomic E-state index is 5.21. The Morgan fingerprint density at radius 3 is 2.74 bits per heavy atom. The van der Waals surface area contributed by atoms with Gasteiger partial charge in [-0.3, -0.25) is 4.98 Å². The van der Waals surface area contributed by atoms with Gasteiger partial charge >= 0.3 is 0 Å². The maximum atomic E-state index is 5.21. The standard InChI is InChI=1S/C16H18N2O/c1-11-10-15-14(4-3-9-17-15)16(18-11)12-5-7-13(19-2)8-6-12/h3-9,11,16,18H,10H2,1-2H3. The third kappa shape index (κ3) is 2.34. The molecular formula is C16H18N2O. The first-order valence-electron chi connectivity index (χ1n) is 6.61. The second-order valence-electron chi connectivity index (χ2n) is 5.02. The highest BCUT2D eigenvalue weighted by Gasteiger charge is 2.25. The van der Waals surface area contributed by atoms with E-state index in [1.807, 2.05) is 24.4 Å². The molecule has 0 radical (unpaired) electrons. The van der Waals surface area contributed by atoms with Gasteiger partial charge in [0.25, 0.3) is 0 Å². The van der Waals surface area contributed by atoms with Gasteiger partial charge in [0.05, 0.1) is 13.2 Å². The van der Waals surface area contributed by atoms with E-state index < -0.39 is 0 Å². The van der Waals surface area contributed by atoms with Gasteiger partial charge in [0.15, 0.2) is 0 Å². The zero-order chi connectivity index (χ0) is 13.2. The van der Waals surface area contributed by atoms with Crippen LogP contribution in [0.4, 0.5) is 0 Å². The average Bonchev–Trinajstić information content (AvgIpc) is 2.46. The molecule has 2 unspecified atom stereocenters. The number of aromatic nitrogens is 1. The Morgan fingerprint density at radius 2 is 2.00 bits per heavy atom. The minimum atomic E-state index is 0.221. The molecular weight excluding hydrogens is 236 g/mol. The van der Waals surface area contributed by atoms with E-state index in [0.29, 0.717) is 6.04 Å². The van der Waals surface area contributed by atoms with Crippen LogP contribution < -0.4 is 10.1 Å². The van der Waals surface area contributed by atoms with E-state index in [0.717, 1.165) is 12.2 Å². The molecule has 3 nitrogen and oxygen atoms in total. The molecule has 0 bridgehead atoms. The van der Waals surface area contributed by atoms with Crippen molar-refractivity contribution in [3.63, 3.8) is 0 Å². The third-order valence-corrected chi connectivity index (χ3v) is 3.64. The Bertz CT molecular complexity index is 565. The molecule has 0 fully saturated rings. The first-order chi connectivity index (χ1) is 9.28.